The Morgan fingerprint density at radius 3 is 2.50 bits per heavy atom. The molecule has 0 bridgehead atoms. The summed E-state index contributed by atoms with van der Waals surface area (Å²) in [6, 6.07) is 11.5. The van der Waals surface area contributed by atoms with Crippen LogP contribution < -0.4 is 19.5 Å². The summed E-state index contributed by atoms with van der Waals surface area (Å²) < 4.78 is 26.6. The van der Waals surface area contributed by atoms with Gasteiger partial charge in [0.2, 0.25) is 0 Å². The lowest BCUT2D eigenvalue weighted by molar-refractivity contribution is -0.119. The summed E-state index contributed by atoms with van der Waals surface area (Å²) in [4.78, 5) is 24.2. The average Bonchev–Trinajstić information content (AvgIpc) is 3.30. The van der Waals surface area contributed by atoms with Crippen LogP contribution in [-0.4, -0.2) is 52.0 Å². The molecule has 0 unspecified atom stereocenters. The smallest absolute Gasteiger partial charge is 0.338 e. The number of benzene rings is 2. The van der Waals surface area contributed by atoms with Crippen molar-refractivity contribution in [3.05, 3.63) is 48.0 Å². The van der Waals surface area contributed by atoms with Crippen LogP contribution in [0.1, 0.15) is 23.2 Å². The number of nitrogens with one attached hydrogen (secondary N) is 1. The van der Waals surface area contributed by atoms with E-state index in [1.807, 2.05) is 0 Å². The molecule has 1 heterocycles. The summed E-state index contributed by atoms with van der Waals surface area (Å²) in [7, 11) is 3.03. The summed E-state index contributed by atoms with van der Waals surface area (Å²) in [6.07, 6.45) is 2.17. The lowest BCUT2D eigenvalue weighted by atomic mass is 10.2. The van der Waals surface area contributed by atoms with Crippen LogP contribution >= 0.6 is 0 Å². The zero-order valence-electron chi connectivity index (χ0n) is 17.0. The zero-order chi connectivity index (χ0) is 21.3. The first-order valence-corrected chi connectivity index (χ1v) is 9.62. The molecule has 2 aromatic rings. The second-order valence-electron chi connectivity index (χ2n) is 6.66. The first kappa shape index (κ1) is 21.4. The van der Waals surface area contributed by atoms with Gasteiger partial charge in [0.05, 0.1) is 25.9 Å². The maximum atomic E-state index is 12.2. The van der Waals surface area contributed by atoms with Crippen LogP contribution in [-0.2, 0) is 14.3 Å². The molecule has 0 radical (unpaired) electrons. The molecule has 3 rings (SSSR count). The Labute approximate surface area is 175 Å². The largest absolute Gasteiger partial charge is 0.493 e. The van der Waals surface area contributed by atoms with Crippen LogP contribution in [0.3, 0.4) is 0 Å². The highest BCUT2D eigenvalue weighted by molar-refractivity contribution is 5.95. The van der Waals surface area contributed by atoms with Crippen molar-refractivity contribution in [2.24, 2.45) is 0 Å². The van der Waals surface area contributed by atoms with E-state index in [0.29, 0.717) is 35.1 Å². The van der Waals surface area contributed by atoms with Crippen LogP contribution in [0, 0.1) is 0 Å². The van der Waals surface area contributed by atoms with Gasteiger partial charge in [0.15, 0.2) is 18.1 Å². The highest BCUT2D eigenvalue weighted by Crippen LogP contribution is 2.29. The van der Waals surface area contributed by atoms with Gasteiger partial charge in [-0.1, -0.05) is 0 Å². The second-order valence-corrected chi connectivity index (χ2v) is 6.66. The number of esters is 1. The van der Waals surface area contributed by atoms with Crippen LogP contribution in [0.15, 0.2) is 42.5 Å². The minimum atomic E-state index is -0.594. The Hall–Kier alpha value is -3.26. The number of ether oxygens (including phenoxy) is 5. The molecule has 2 aromatic carbocycles. The molecule has 0 saturated carbocycles. The molecular formula is C22H25NO7. The van der Waals surface area contributed by atoms with Crippen molar-refractivity contribution < 1.29 is 33.3 Å². The Kier molecular flexibility index (Phi) is 7.51. The Balaban J connectivity index is 1.45. The molecule has 0 aromatic heterocycles. The number of hydrogen-bond donors (Lipinski definition) is 1. The minimum absolute atomic E-state index is 0.124. The predicted octanol–water partition coefficient (Wildman–Crippen LogP) is 3.06. The van der Waals surface area contributed by atoms with Crippen molar-refractivity contribution in [3.8, 4) is 17.2 Å². The van der Waals surface area contributed by atoms with Crippen LogP contribution in [0.4, 0.5) is 5.69 Å². The molecule has 8 nitrogen and oxygen atoms in total. The molecule has 1 fully saturated rings. The van der Waals surface area contributed by atoms with Crippen molar-refractivity contribution in [1.29, 1.82) is 0 Å². The second kappa shape index (κ2) is 10.5. The lowest BCUT2D eigenvalue weighted by Gasteiger charge is -2.12. The van der Waals surface area contributed by atoms with Gasteiger partial charge in [-0.3, -0.25) is 4.79 Å². The summed E-state index contributed by atoms with van der Waals surface area (Å²) in [5, 5.41) is 2.64. The molecule has 1 N–H and O–H groups in total. The fourth-order valence-corrected chi connectivity index (χ4v) is 2.98. The van der Waals surface area contributed by atoms with Crippen molar-refractivity contribution in [1.82, 2.24) is 0 Å². The number of methoxy groups -OCH3 is 2. The van der Waals surface area contributed by atoms with Gasteiger partial charge in [0.1, 0.15) is 12.4 Å². The number of rotatable bonds is 9. The summed E-state index contributed by atoms with van der Waals surface area (Å²) >= 11 is 0. The molecule has 1 aliphatic heterocycles. The molecule has 0 spiro atoms. The molecular weight excluding hydrogens is 390 g/mol. The van der Waals surface area contributed by atoms with E-state index in [1.54, 1.807) is 42.5 Å². The molecule has 160 valence electrons. The van der Waals surface area contributed by atoms with Gasteiger partial charge in [0.25, 0.3) is 5.91 Å². The van der Waals surface area contributed by atoms with Crippen LogP contribution in [0.5, 0.6) is 17.2 Å². The third-order valence-corrected chi connectivity index (χ3v) is 4.55. The normalized spacial score (nSPS) is 15.3. The Bertz CT molecular complexity index is 860. The molecule has 1 atom stereocenters. The van der Waals surface area contributed by atoms with Gasteiger partial charge >= 0.3 is 5.97 Å². The maximum Gasteiger partial charge on any atom is 0.338 e. The molecule has 0 aliphatic carbocycles. The standard InChI is InChI=1S/C22H25NO7/c1-26-19-10-7-16(12-20(19)27-2)23-21(24)14-30-22(25)15-5-8-17(9-6-15)29-13-18-4-3-11-28-18/h5-10,12,18H,3-4,11,13-14H2,1-2H3,(H,23,24)/t18-/m0/s1. The van der Waals surface area contributed by atoms with Crippen molar-refractivity contribution >= 4 is 17.6 Å². The first-order chi connectivity index (χ1) is 14.6. The van der Waals surface area contributed by atoms with Gasteiger partial charge in [-0.15, -0.1) is 0 Å². The first-order valence-electron chi connectivity index (χ1n) is 9.62. The highest BCUT2D eigenvalue weighted by Gasteiger charge is 2.16. The highest BCUT2D eigenvalue weighted by atomic mass is 16.5. The molecule has 1 saturated heterocycles. The lowest BCUT2D eigenvalue weighted by Crippen LogP contribution is -2.21. The average molecular weight is 415 g/mol. The van der Waals surface area contributed by atoms with E-state index in [4.69, 9.17) is 23.7 Å². The Morgan fingerprint density at radius 2 is 1.83 bits per heavy atom. The van der Waals surface area contributed by atoms with Gasteiger partial charge in [-0.25, -0.2) is 4.79 Å². The SMILES string of the molecule is COc1ccc(NC(=O)COC(=O)c2ccc(OC[C@@H]3CCCO3)cc2)cc1OC. The third kappa shape index (κ3) is 5.87. The quantitative estimate of drug-likeness (QED) is 0.629. The predicted molar refractivity (Wildman–Crippen MR) is 109 cm³/mol. The summed E-state index contributed by atoms with van der Waals surface area (Å²) in [5.74, 6) is 0.614. The number of hydrogen-bond acceptors (Lipinski definition) is 7. The topological polar surface area (TPSA) is 92.3 Å². The van der Waals surface area contributed by atoms with E-state index >= 15 is 0 Å². The van der Waals surface area contributed by atoms with Crippen LogP contribution in [0.2, 0.25) is 0 Å². The molecule has 8 heteroatoms. The maximum absolute atomic E-state index is 12.2. The van der Waals surface area contributed by atoms with Crippen molar-refractivity contribution in [3.63, 3.8) is 0 Å². The fourth-order valence-electron chi connectivity index (χ4n) is 2.98. The van der Waals surface area contributed by atoms with E-state index < -0.39 is 18.5 Å². The number of carbonyl (C=O) groups excluding carboxylic acids is 2. The zero-order valence-corrected chi connectivity index (χ0v) is 17.0. The molecule has 1 aliphatic rings. The van der Waals surface area contributed by atoms with E-state index in [1.165, 1.54) is 14.2 Å². The minimum Gasteiger partial charge on any atom is -0.493 e. The monoisotopic (exact) mass is 415 g/mol. The van der Waals surface area contributed by atoms with Crippen molar-refractivity contribution in [2.45, 2.75) is 18.9 Å². The summed E-state index contributed by atoms with van der Waals surface area (Å²) in [5.41, 5.74) is 0.833. The van der Waals surface area contributed by atoms with Crippen molar-refractivity contribution in [2.75, 3.05) is 39.4 Å². The summed E-state index contributed by atoms with van der Waals surface area (Å²) in [6.45, 7) is 0.850. The van der Waals surface area contributed by atoms with E-state index in [2.05, 4.69) is 5.32 Å². The number of carbonyl (C=O) groups is 2. The fraction of sp³-hybridized carbons (Fsp3) is 0.364. The Morgan fingerprint density at radius 1 is 1.07 bits per heavy atom. The number of anilines is 1. The number of amides is 1. The van der Waals surface area contributed by atoms with Gasteiger partial charge < -0.3 is 29.0 Å². The van der Waals surface area contributed by atoms with Crippen LogP contribution in [0.25, 0.3) is 0 Å². The van der Waals surface area contributed by atoms with E-state index in [-0.39, 0.29) is 6.10 Å². The molecule has 1 amide bonds. The van der Waals surface area contributed by atoms with Gasteiger partial charge in [0, 0.05) is 18.4 Å². The van der Waals surface area contributed by atoms with Gasteiger partial charge in [-0.2, -0.15) is 0 Å². The van der Waals surface area contributed by atoms with E-state index in [0.717, 1.165) is 19.4 Å². The van der Waals surface area contributed by atoms with Gasteiger partial charge in [-0.05, 0) is 49.2 Å². The van der Waals surface area contributed by atoms with E-state index in [9.17, 15) is 9.59 Å². The third-order valence-electron chi connectivity index (χ3n) is 4.55. The molecule has 30 heavy (non-hydrogen) atoms.